The van der Waals surface area contributed by atoms with Gasteiger partial charge in [0.05, 0.1) is 18.1 Å². The van der Waals surface area contributed by atoms with E-state index in [0.717, 1.165) is 27.5 Å². The molecule has 3 heterocycles. The number of nitrogens with one attached hydrogen (secondary N) is 1. The van der Waals surface area contributed by atoms with Crippen molar-refractivity contribution in [3.05, 3.63) is 70.2 Å². The predicted molar refractivity (Wildman–Crippen MR) is 101 cm³/mol. The maximum absolute atomic E-state index is 5.45. The Labute approximate surface area is 156 Å². The molecule has 0 saturated heterocycles. The van der Waals surface area contributed by atoms with Crippen molar-refractivity contribution in [3.8, 4) is 11.8 Å². The van der Waals surface area contributed by atoms with Gasteiger partial charge in [-0.3, -0.25) is 0 Å². The summed E-state index contributed by atoms with van der Waals surface area (Å²) in [7, 11) is 0. The fraction of sp³-hybridized carbons (Fsp3) is 0.200. The Morgan fingerprint density at radius 1 is 1.12 bits per heavy atom. The van der Waals surface area contributed by atoms with E-state index in [-0.39, 0.29) is 0 Å². The highest BCUT2D eigenvalue weighted by molar-refractivity contribution is 8.00. The first kappa shape index (κ1) is 16.7. The Balaban J connectivity index is 1.54. The molecule has 6 heteroatoms. The van der Waals surface area contributed by atoms with Crippen LogP contribution in [-0.2, 0) is 18.0 Å². The van der Waals surface area contributed by atoms with Crippen LogP contribution in [0.1, 0.15) is 33.7 Å². The van der Waals surface area contributed by atoms with Crippen molar-refractivity contribution in [1.29, 1.82) is 0 Å². The third kappa shape index (κ3) is 3.45. The molecule has 0 saturated carbocycles. The Hall–Kier alpha value is -2.75. The largest absolute Gasteiger partial charge is 0.372 e. The van der Waals surface area contributed by atoms with Crippen LogP contribution in [0.25, 0.3) is 0 Å². The molecule has 130 valence electrons. The van der Waals surface area contributed by atoms with Gasteiger partial charge in [-0.1, -0.05) is 17.1 Å². The molecular formula is C20H17N3O2S. The van der Waals surface area contributed by atoms with Crippen LogP contribution in [0.4, 0.5) is 5.82 Å². The summed E-state index contributed by atoms with van der Waals surface area (Å²) in [6.07, 6.45) is 1.75. The lowest BCUT2D eigenvalue weighted by Gasteiger charge is -2.04. The third-order valence-electron chi connectivity index (χ3n) is 4.23. The predicted octanol–water partition coefficient (Wildman–Crippen LogP) is 4.24. The molecule has 26 heavy (non-hydrogen) atoms. The van der Waals surface area contributed by atoms with E-state index >= 15 is 0 Å². The Morgan fingerprint density at radius 3 is 2.85 bits per heavy atom. The molecule has 0 fully saturated rings. The highest BCUT2D eigenvalue weighted by Crippen LogP contribution is 2.26. The van der Waals surface area contributed by atoms with Gasteiger partial charge in [0.25, 0.3) is 0 Å². The second-order valence-electron chi connectivity index (χ2n) is 5.99. The molecule has 0 amide bonds. The van der Waals surface area contributed by atoms with Gasteiger partial charge in [0.1, 0.15) is 11.5 Å². The summed E-state index contributed by atoms with van der Waals surface area (Å²) < 4.78 is 13.8. The number of aryl methyl sites for hydroxylation is 1. The van der Waals surface area contributed by atoms with Gasteiger partial charge in [0.2, 0.25) is 0 Å². The van der Waals surface area contributed by atoms with Crippen LogP contribution in [0, 0.1) is 25.7 Å². The fourth-order valence-electron chi connectivity index (χ4n) is 2.56. The van der Waals surface area contributed by atoms with E-state index in [9.17, 15) is 0 Å². The van der Waals surface area contributed by atoms with Crippen molar-refractivity contribution in [1.82, 2.24) is 10.1 Å². The minimum absolute atomic E-state index is 0.663. The number of hydrogen-bond donors (Lipinski definition) is 1. The van der Waals surface area contributed by atoms with E-state index in [1.54, 1.807) is 6.20 Å². The number of anilines is 1. The molecule has 0 bridgehead atoms. The van der Waals surface area contributed by atoms with Crippen LogP contribution < -0.4 is 4.72 Å². The number of benzene rings is 1. The lowest BCUT2D eigenvalue weighted by atomic mass is 10.1. The second kappa shape index (κ2) is 7.24. The van der Waals surface area contributed by atoms with E-state index in [1.807, 2.05) is 32.0 Å². The highest BCUT2D eigenvalue weighted by atomic mass is 32.2. The van der Waals surface area contributed by atoms with Crippen LogP contribution in [0.3, 0.4) is 0 Å². The molecule has 0 spiro atoms. The third-order valence-corrected chi connectivity index (χ3v) is 5.08. The van der Waals surface area contributed by atoms with E-state index < -0.39 is 0 Å². The summed E-state index contributed by atoms with van der Waals surface area (Å²) in [5.41, 5.74) is 5.14. The van der Waals surface area contributed by atoms with E-state index in [2.05, 4.69) is 38.8 Å². The summed E-state index contributed by atoms with van der Waals surface area (Å²) in [6, 6.07) is 10.1. The molecular weight excluding hydrogens is 346 g/mol. The first-order chi connectivity index (χ1) is 12.7. The minimum atomic E-state index is 0.663. The van der Waals surface area contributed by atoms with Gasteiger partial charge >= 0.3 is 0 Å². The topological polar surface area (TPSA) is 60.2 Å². The molecule has 1 aliphatic rings. The van der Waals surface area contributed by atoms with Crippen LogP contribution in [0.2, 0.25) is 0 Å². The van der Waals surface area contributed by atoms with Crippen LogP contribution in [-0.4, -0.2) is 10.1 Å². The van der Waals surface area contributed by atoms with Gasteiger partial charge in [-0.05, 0) is 67.1 Å². The molecule has 0 radical (unpaired) electrons. The van der Waals surface area contributed by atoms with E-state index in [0.29, 0.717) is 19.0 Å². The smallest absolute Gasteiger partial charge is 0.182 e. The quantitative estimate of drug-likeness (QED) is 0.555. The molecule has 0 aliphatic carbocycles. The molecule has 1 aromatic carbocycles. The summed E-state index contributed by atoms with van der Waals surface area (Å²) >= 11 is 1.43. The van der Waals surface area contributed by atoms with Gasteiger partial charge in [-0.2, -0.15) is 0 Å². The molecule has 0 atom stereocenters. The van der Waals surface area contributed by atoms with E-state index in [4.69, 9.17) is 9.26 Å². The molecule has 0 unspecified atom stereocenters. The number of pyridine rings is 1. The van der Waals surface area contributed by atoms with Crippen LogP contribution in [0.15, 0.2) is 45.9 Å². The Morgan fingerprint density at radius 2 is 2.00 bits per heavy atom. The highest BCUT2D eigenvalue weighted by Gasteiger charge is 2.11. The SMILES string of the molecule is Cc1onc(NSc2cccnc2C#Cc2ccc3c(c2)COC3)c1C. The lowest BCUT2D eigenvalue weighted by Crippen LogP contribution is -1.93. The zero-order valence-corrected chi connectivity index (χ0v) is 15.3. The number of ether oxygens (including phenoxy) is 1. The molecule has 2 aromatic heterocycles. The van der Waals surface area contributed by atoms with Crippen molar-refractivity contribution in [2.75, 3.05) is 4.72 Å². The van der Waals surface area contributed by atoms with Gasteiger partial charge in [0.15, 0.2) is 5.82 Å². The zero-order chi connectivity index (χ0) is 17.9. The van der Waals surface area contributed by atoms with Crippen molar-refractivity contribution in [3.63, 3.8) is 0 Å². The summed E-state index contributed by atoms with van der Waals surface area (Å²) in [6.45, 7) is 5.21. The monoisotopic (exact) mass is 363 g/mol. The second-order valence-corrected chi connectivity index (χ2v) is 6.84. The molecule has 1 aliphatic heterocycles. The first-order valence-corrected chi connectivity index (χ1v) is 9.04. The van der Waals surface area contributed by atoms with Crippen LogP contribution >= 0.6 is 11.9 Å². The standard InChI is InChI=1S/C20H17N3O2S/c1-13-14(2)25-22-20(13)23-26-19-4-3-9-21-18(19)8-6-15-5-7-16-11-24-12-17(16)10-15/h3-5,7,9-10H,11-12H2,1-2H3,(H,22,23). The maximum Gasteiger partial charge on any atom is 0.182 e. The minimum Gasteiger partial charge on any atom is -0.372 e. The van der Waals surface area contributed by atoms with Gasteiger partial charge in [-0.25, -0.2) is 4.98 Å². The molecule has 5 nitrogen and oxygen atoms in total. The summed E-state index contributed by atoms with van der Waals surface area (Å²) in [5, 5.41) is 4.01. The normalized spacial score (nSPS) is 12.4. The van der Waals surface area contributed by atoms with Crippen LogP contribution in [0.5, 0.6) is 0 Å². The Bertz CT molecular complexity index is 1020. The fourth-order valence-corrected chi connectivity index (χ4v) is 3.31. The summed E-state index contributed by atoms with van der Waals surface area (Å²) in [5.74, 6) is 7.89. The average Bonchev–Trinajstić information content (AvgIpc) is 3.26. The van der Waals surface area contributed by atoms with Crippen molar-refractivity contribution in [2.45, 2.75) is 32.0 Å². The number of hydrogen-bond acceptors (Lipinski definition) is 6. The van der Waals surface area contributed by atoms with Crippen molar-refractivity contribution >= 4 is 17.8 Å². The van der Waals surface area contributed by atoms with Gasteiger partial charge < -0.3 is 14.0 Å². The van der Waals surface area contributed by atoms with Gasteiger partial charge in [0, 0.05) is 17.3 Å². The van der Waals surface area contributed by atoms with Crippen molar-refractivity contribution < 1.29 is 9.26 Å². The first-order valence-electron chi connectivity index (χ1n) is 8.23. The number of aromatic nitrogens is 2. The van der Waals surface area contributed by atoms with E-state index in [1.165, 1.54) is 23.1 Å². The zero-order valence-electron chi connectivity index (χ0n) is 14.5. The van der Waals surface area contributed by atoms with Crippen molar-refractivity contribution in [2.24, 2.45) is 0 Å². The lowest BCUT2D eigenvalue weighted by molar-refractivity contribution is 0.134. The molecule has 3 aromatic rings. The molecule has 1 N–H and O–H groups in total. The maximum atomic E-state index is 5.45. The summed E-state index contributed by atoms with van der Waals surface area (Å²) in [4.78, 5) is 5.34. The number of nitrogens with zero attached hydrogens (tertiary/aromatic N) is 2. The van der Waals surface area contributed by atoms with Gasteiger partial charge in [-0.15, -0.1) is 0 Å². The molecule has 4 rings (SSSR count). The average molecular weight is 363 g/mol. The number of rotatable bonds is 3. The Kier molecular flexibility index (Phi) is 4.65. The number of fused-ring (bicyclic) bond motifs is 1.